The van der Waals surface area contributed by atoms with Gasteiger partial charge in [0.05, 0.1) is 0 Å². The van der Waals surface area contributed by atoms with Crippen LogP contribution in [0.15, 0.2) is 24.3 Å². The van der Waals surface area contributed by atoms with Crippen LogP contribution >= 0.6 is 0 Å². The van der Waals surface area contributed by atoms with E-state index in [1.807, 2.05) is 0 Å². The summed E-state index contributed by atoms with van der Waals surface area (Å²) in [5.41, 5.74) is -0.454. The standard InChI is InChI=1S/C19H25FN2O3/c20-15-8-6-14(7-9-15)16(22-12-4-1-5-13-22)17(23)21-19(18(24)25)10-2-3-11-19/h6-9,16H,1-5,10-13H2,(H,21,23)(H,24,25)/t16-/m0/s1. The van der Waals surface area contributed by atoms with Crippen molar-refractivity contribution >= 4 is 11.9 Å². The minimum Gasteiger partial charge on any atom is -0.480 e. The lowest BCUT2D eigenvalue weighted by atomic mass is 9.95. The monoisotopic (exact) mass is 348 g/mol. The van der Waals surface area contributed by atoms with Crippen molar-refractivity contribution in [1.29, 1.82) is 0 Å². The Labute approximate surface area is 147 Å². The fraction of sp³-hybridized carbons (Fsp3) is 0.579. The highest BCUT2D eigenvalue weighted by Gasteiger charge is 2.44. The summed E-state index contributed by atoms with van der Waals surface area (Å²) in [6.45, 7) is 1.57. The molecule has 1 aliphatic heterocycles. The lowest BCUT2D eigenvalue weighted by molar-refractivity contribution is -0.148. The number of piperidine rings is 1. The highest BCUT2D eigenvalue weighted by molar-refractivity contribution is 5.90. The Balaban J connectivity index is 1.86. The van der Waals surface area contributed by atoms with Crippen molar-refractivity contribution in [2.24, 2.45) is 0 Å². The summed E-state index contributed by atoms with van der Waals surface area (Å²) in [7, 11) is 0. The average molecular weight is 348 g/mol. The molecule has 2 fully saturated rings. The molecule has 3 rings (SSSR count). The number of carboxylic acids is 1. The Morgan fingerprint density at radius 1 is 1.04 bits per heavy atom. The van der Waals surface area contributed by atoms with Crippen LogP contribution in [-0.2, 0) is 9.59 Å². The molecule has 5 nitrogen and oxygen atoms in total. The van der Waals surface area contributed by atoms with Crippen LogP contribution in [0, 0.1) is 5.82 Å². The maximum atomic E-state index is 13.3. The number of carbonyl (C=O) groups is 2. The fourth-order valence-electron chi connectivity index (χ4n) is 4.02. The molecule has 1 saturated heterocycles. The van der Waals surface area contributed by atoms with E-state index in [9.17, 15) is 19.1 Å². The molecule has 1 atom stereocenters. The van der Waals surface area contributed by atoms with Gasteiger partial charge < -0.3 is 10.4 Å². The van der Waals surface area contributed by atoms with E-state index in [0.29, 0.717) is 18.4 Å². The molecule has 1 amide bonds. The lowest BCUT2D eigenvalue weighted by Gasteiger charge is -2.36. The van der Waals surface area contributed by atoms with Crippen molar-refractivity contribution in [3.63, 3.8) is 0 Å². The maximum Gasteiger partial charge on any atom is 0.329 e. The molecule has 2 N–H and O–H groups in total. The number of halogens is 1. The predicted molar refractivity (Wildman–Crippen MR) is 91.5 cm³/mol. The second kappa shape index (κ2) is 7.52. The van der Waals surface area contributed by atoms with Gasteiger partial charge in [0.15, 0.2) is 0 Å². The van der Waals surface area contributed by atoms with Crippen molar-refractivity contribution in [3.05, 3.63) is 35.6 Å². The number of nitrogens with one attached hydrogen (secondary N) is 1. The first-order valence-corrected chi connectivity index (χ1v) is 9.07. The van der Waals surface area contributed by atoms with Gasteiger partial charge in [0.2, 0.25) is 5.91 Å². The first-order chi connectivity index (χ1) is 12.0. The Bertz CT molecular complexity index is 620. The zero-order valence-electron chi connectivity index (χ0n) is 14.3. The minimum absolute atomic E-state index is 0.294. The van der Waals surface area contributed by atoms with Crippen LogP contribution in [0.2, 0.25) is 0 Å². The van der Waals surface area contributed by atoms with Crippen molar-refractivity contribution in [3.8, 4) is 0 Å². The molecule has 6 heteroatoms. The van der Waals surface area contributed by atoms with Crippen molar-refractivity contribution < 1.29 is 19.1 Å². The van der Waals surface area contributed by atoms with Gasteiger partial charge in [-0.1, -0.05) is 31.4 Å². The number of benzene rings is 1. The Morgan fingerprint density at radius 3 is 2.20 bits per heavy atom. The highest BCUT2D eigenvalue weighted by Crippen LogP contribution is 2.32. The first-order valence-electron chi connectivity index (χ1n) is 9.07. The minimum atomic E-state index is -1.16. The summed E-state index contributed by atoms with van der Waals surface area (Å²) in [5, 5.41) is 12.5. The Hall–Kier alpha value is -1.95. The van der Waals surface area contributed by atoms with E-state index in [4.69, 9.17) is 0 Å². The summed E-state index contributed by atoms with van der Waals surface area (Å²) >= 11 is 0. The molecule has 2 aliphatic rings. The van der Waals surface area contributed by atoms with Gasteiger partial charge in [-0.15, -0.1) is 0 Å². The number of likely N-dealkylation sites (tertiary alicyclic amines) is 1. The quantitative estimate of drug-likeness (QED) is 0.858. The Morgan fingerprint density at radius 2 is 1.64 bits per heavy atom. The zero-order chi connectivity index (χ0) is 17.9. The smallest absolute Gasteiger partial charge is 0.329 e. The molecular formula is C19H25FN2O3. The van der Waals surface area contributed by atoms with Crippen molar-refractivity contribution in [1.82, 2.24) is 10.2 Å². The number of aliphatic carboxylic acids is 1. The van der Waals surface area contributed by atoms with Crippen molar-refractivity contribution in [2.45, 2.75) is 56.5 Å². The van der Waals surface area contributed by atoms with Crippen LogP contribution in [0.3, 0.4) is 0 Å². The van der Waals surface area contributed by atoms with E-state index >= 15 is 0 Å². The summed E-state index contributed by atoms with van der Waals surface area (Å²) in [6.07, 6.45) is 5.68. The zero-order valence-corrected chi connectivity index (χ0v) is 14.3. The summed E-state index contributed by atoms with van der Waals surface area (Å²) in [4.78, 5) is 26.9. The molecule has 0 unspecified atom stereocenters. The molecule has 1 saturated carbocycles. The summed E-state index contributed by atoms with van der Waals surface area (Å²) < 4.78 is 13.3. The molecule has 0 spiro atoms. The molecule has 25 heavy (non-hydrogen) atoms. The third kappa shape index (κ3) is 3.84. The van der Waals surface area contributed by atoms with Gasteiger partial charge in [0.1, 0.15) is 17.4 Å². The third-order valence-electron chi connectivity index (χ3n) is 5.42. The molecule has 1 aliphatic carbocycles. The molecule has 0 radical (unpaired) electrons. The Kier molecular flexibility index (Phi) is 5.37. The van der Waals surface area contributed by atoms with Gasteiger partial charge >= 0.3 is 5.97 Å². The summed E-state index contributed by atoms with van der Waals surface area (Å²) in [5.74, 6) is -1.60. The molecule has 0 bridgehead atoms. The van der Waals surface area contributed by atoms with E-state index in [2.05, 4.69) is 10.2 Å². The molecule has 136 valence electrons. The van der Waals surface area contributed by atoms with Crippen LogP contribution in [-0.4, -0.2) is 40.5 Å². The SMILES string of the molecule is O=C(NC1(C(=O)O)CCCC1)[C@H](c1ccc(F)cc1)N1CCCCC1. The van der Waals surface area contributed by atoms with Gasteiger partial charge in [0, 0.05) is 0 Å². The van der Waals surface area contributed by atoms with Gasteiger partial charge in [-0.05, 0) is 56.5 Å². The summed E-state index contributed by atoms with van der Waals surface area (Å²) in [6, 6.07) is 5.37. The number of rotatable bonds is 5. The molecule has 0 aromatic heterocycles. The third-order valence-corrected chi connectivity index (χ3v) is 5.42. The second-order valence-electron chi connectivity index (χ2n) is 7.13. The van der Waals surface area contributed by atoms with Crippen LogP contribution in [0.1, 0.15) is 56.6 Å². The normalized spacial score (nSPS) is 21.6. The topological polar surface area (TPSA) is 69.6 Å². The van der Waals surface area contributed by atoms with E-state index in [-0.39, 0.29) is 11.7 Å². The molecular weight excluding hydrogens is 323 g/mol. The van der Waals surface area contributed by atoms with Crippen LogP contribution in [0.25, 0.3) is 0 Å². The van der Waals surface area contributed by atoms with E-state index in [1.54, 1.807) is 12.1 Å². The van der Waals surface area contributed by atoms with E-state index in [0.717, 1.165) is 45.2 Å². The van der Waals surface area contributed by atoms with Crippen molar-refractivity contribution in [2.75, 3.05) is 13.1 Å². The number of hydrogen-bond donors (Lipinski definition) is 2. The van der Waals surface area contributed by atoms with Crippen LogP contribution in [0.5, 0.6) is 0 Å². The lowest BCUT2D eigenvalue weighted by Crippen LogP contribution is -2.56. The number of carboxylic acid groups (broad SMARTS) is 1. The fourth-order valence-corrected chi connectivity index (χ4v) is 4.02. The first kappa shape index (κ1) is 17.9. The molecule has 1 aromatic rings. The number of amides is 1. The number of carbonyl (C=O) groups excluding carboxylic acids is 1. The van der Waals surface area contributed by atoms with Gasteiger partial charge in [0.25, 0.3) is 0 Å². The van der Waals surface area contributed by atoms with Gasteiger partial charge in [-0.25, -0.2) is 9.18 Å². The predicted octanol–water partition coefficient (Wildman–Crippen LogP) is 2.87. The van der Waals surface area contributed by atoms with Gasteiger partial charge in [-0.3, -0.25) is 9.69 Å². The molecule has 1 heterocycles. The van der Waals surface area contributed by atoms with E-state index in [1.165, 1.54) is 12.1 Å². The number of hydrogen-bond acceptors (Lipinski definition) is 3. The van der Waals surface area contributed by atoms with E-state index < -0.39 is 17.6 Å². The van der Waals surface area contributed by atoms with Crippen LogP contribution in [0.4, 0.5) is 4.39 Å². The number of nitrogens with zero attached hydrogens (tertiary/aromatic N) is 1. The molecule has 1 aromatic carbocycles. The van der Waals surface area contributed by atoms with Gasteiger partial charge in [-0.2, -0.15) is 0 Å². The maximum absolute atomic E-state index is 13.3. The average Bonchev–Trinajstić information content (AvgIpc) is 3.08. The highest BCUT2D eigenvalue weighted by atomic mass is 19.1. The second-order valence-corrected chi connectivity index (χ2v) is 7.13. The largest absolute Gasteiger partial charge is 0.480 e. The van der Waals surface area contributed by atoms with Crippen LogP contribution < -0.4 is 5.32 Å².